The van der Waals surface area contributed by atoms with Gasteiger partial charge in [-0.1, -0.05) is 6.07 Å². The fourth-order valence-electron chi connectivity index (χ4n) is 1.82. The fraction of sp³-hybridized carbons (Fsp3) is 0.364. The quantitative estimate of drug-likeness (QED) is 0.657. The Bertz CT molecular complexity index is 478. The number of hydrogen-bond acceptors (Lipinski definition) is 5. The zero-order chi connectivity index (χ0) is 12.3. The van der Waals surface area contributed by atoms with Gasteiger partial charge in [-0.3, -0.25) is 10.1 Å². The van der Waals surface area contributed by atoms with Gasteiger partial charge in [0.05, 0.1) is 4.92 Å². The van der Waals surface area contributed by atoms with E-state index < -0.39 is 4.92 Å². The molecule has 0 spiro atoms. The van der Waals surface area contributed by atoms with Gasteiger partial charge in [0.15, 0.2) is 0 Å². The molecule has 1 aliphatic rings. The second kappa shape index (κ2) is 5.06. The number of rotatable bonds is 3. The van der Waals surface area contributed by atoms with Crippen LogP contribution >= 0.6 is 11.8 Å². The molecular formula is C11H11N3O2S. The van der Waals surface area contributed by atoms with Gasteiger partial charge in [-0.05, 0) is 24.3 Å². The number of nitriles is 1. The van der Waals surface area contributed by atoms with Crippen LogP contribution in [0.15, 0.2) is 18.2 Å². The van der Waals surface area contributed by atoms with E-state index in [0.29, 0.717) is 5.69 Å². The van der Waals surface area contributed by atoms with Gasteiger partial charge in [0, 0.05) is 11.8 Å². The summed E-state index contributed by atoms with van der Waals surface area (Å²) in [7, 11) is 0. The van der Waals surface area contributed by atoms with Crippen molar-refractivity contribution < 1.29 is 4.92 Å². The van der Waals surface area contributed by atoms with E-state index in [9.17, 15) is 10.1 Å². The molecule has 1 heterocycles. The van der Waals surface area contributed by atoms with Crippen molar-refractivity contribution in [2.24, 2.45) is 0 Å². The Morgan fingerprint density at radius 3 is 3.00 bits per heavy atom. The summed E-state index contributed by atoms with van der Waals surface area (Å²) in [5.74, 6) is 2.03. The minimum atomic E-state index is -0.497. The van der Waals surface area contributed by atoms with Gasteiger partial charge >= 0.3 is 5.69 Å². The maximum atomic E-state index is 11.0. The monoisotopic (exact) mass is 249 g/mol. The second-order valence-corrected chi connectivity index (χ2v) is 4.93. The van der Waals surface area contributed by atoms with Crippen LogP contribution in [0.1, 0.15) is 12.0 Å². The highest BCUT2D eigenvalue weighted by Crippen LogP contribution is 2.30. The molecule has 1 N–H and O–H groups in total. The summed E-state index contributed by atoms with van der Waals surface area (Å²) in [5, 5.41) is 23.0. The highest BCUT2D eigenvalue weighted by Gasteiger charge is 2.23. The minimum Gasteiger partial charge on any atom is -0.376 e. The first-order valence-corrected chi connectivity index (χ1v) is 6.39. The Labute approximate surface area is 103 Å². The zero-order valence-corrected chi connectivity index (χ0v) is 9.87. The van der Waals surface area contributed by atoms with E-state index >= 15 is 0 Å². The largest absolute Gasteiger partial charge is 0.376 e. The van der Waals surface area contributed by atoms with Crippen LogP contribution < -0.4 is 5.32 Å². The first-order valence-electron chi connectivity index (χ1n) is 5.24. The van der Waals surface area contributed by atoms with Crippen LogP contribution in [0, 0.1) is 21.4 Å². The van der Waals surface area contributed by atoms with Crippen LogP contribution in [0.3, 0.4) is 0 Å². The smallest absolute Gasteiger partial charge is 0.309 e. The Hall–Kier alpha value is -1.74. The van der Waals surface area contributed by atoms with Gasteiger partial charge < -0.3 is 5.32 Å². The molecule has 1 atom stereocenters. The molecule has 2 rings (SSSR count). The van der Waals surface area contributed by atoms with Crippen LogP contribution in [0.4, 0.5) is 11.4 Å². The van der Waals surface area contributed by atoms with E-state index in [0.717, 1.165) is 17.9 Å². The van der Waals surface area contributed by atoms with Crippen LogP contribution in [0.25, 0.3) is 0 Å². The van der Waals surface area contributed by atoms with Gasteiger partial charge in [-0.25, -0.2) is 0 Å². The highest BCUT2D eigenvalue weighted by atomic mass is 32.2. The molecule has 17 heavy (non-hydrogen) atoms. The summed E-state index contributed by atoms with van der Waals surface area (Å²) in [5.41, 5.74) is 0.430. The lowest BCUT2D eigenvalue weighted by molar-refractivity contribution is -0.384. The van der Waals surface area contributed by atoms with E-state index in [1.807, 2.05) is 17.8 Å². The summed E-state index contributed by atoms with van der Waals surface area (Å²) in [6.07, 6.45) is 0.999. The second-order valence-electron chi connectivity index (χ2n) is 3.78. The molecule has 88 valence electrons. The molecule has 6 heteroatoms. The van der Waals surface area contributed by atoms with Crippen molar-refractivity contribution in [1.29, 1.82) is 5.26 Å². The molecule has 0 saturated carbocycles. The van der Waals surface area contributed by atoms with E-state index in [-0.39, 0.29) is 17.3 Å². The average Bonchev–Trinajstić information content (AvgIpc) is 2.81. The first kappa shape index (κ1) is 11.7. The van der Waals surface area contributed by atoms with Gasteiger partial charge in [0.25, 0.3) is 0 Å². The minimum absolute atomic E-state index is 0.102. The van der Waals surface area contributed by atoms with Crippen LogP contribution in [0.5, 0.6) is 0 Å². The van der Waals surface area contributed by atoms with Gasteiger partial charge in [0.1, 0.15) is 17.3 Å². The summed E-state index contributed by atoms with van der Waals surface area (Å²) in [4.78, 5) is 10.5. The predicted octanol–water partition coefficient (Wildman–Crippen LogP) is 2.38. The number of para-hydroxylation sites is 1. The van der Waals surface area contributed by atoms with Crippen molar-refractivity contribution in [3.05, 3.63) is 33.9 Å². The third-order valence-corrected chi connectivity index (χ3v) is 3.79. The van der Waals surface area contributed by atoms with Crippen molar-refractivity contribution in [3.63, 3.8) is 0 Å². The Kier molecular flexibility index (Phi) is 3.49. The van der Waals surface area contributed by atoms with Crippen molar-refractivity contribution in [3.8, 4) is 6.07 Å². The van der Waals surface area contributed by atoms with E-state index in [1.54, 1.807) is 12.1 Å². The highest BCUT2D eigenvalue weighted by molar-refractivity contribution is 7.99. The number of anilines is 1. The molecule has 1 aromatic carbocycles. The summed E-state index contributed by atoms with van der Waals surface area (Å²) < 4.78 is 0. The Balaban J connectivity index is 2.32. The molecule has 1 fully saturated rings. The number of hydrogen-bond donors (Lipinski definition) is 1. The topological polar surface area (TPSA) is 79.0 Å². The molecule has 1 aliphatic heterocycles. The van der Waals surface area contributed by atoms with E-state index in [1.165, 1.54) is 6.07 Å². The molecular weight excluding hydrogens is 238 g/mol. The number of thioether (sulfide) groups is 1. The Morgan fingerprint density at radius 2 is 2.41 bits per heavy atom. The number of nitro groups is 1. The van der Waals surface area contributed by atoms with Gasteiger partial charge in [-0.2, -0.15) is 17.0 Å². The molecule has 1 unspecified atom stereocenters. The summed E-state index contributed by atoms with van der Waals surface area (Å²) in [6, 6.07) is 6.89. The lowest BCUT2D eigenvalue weighted by Crippen LogP contribution is -2.19. The van der Waals surface area contributed by atoms with Gasteiger partial charge in [-0.15, -0.1) is 0 Å². The zero-order valence-electron chi connectivity index (χ0n) is 9.05. The SMILES string of the molecule is N#Cc1cccc(NC2CCSC2)c1[N+](=O)[O-]. The molecule has 0 aromatic heterocycles. The lowest BCUT2D eigenvalue weighted by atomic mass is 10.1. The molecule has 0 aliphatic carbocycles. The summed E-state index contributed by atoms with van der Waals surface area (Å²) >= 11 is 1.83. The van der Waals surface area contributed by atoms with Crippen LogP contribution in [-0.4, -0.2) is 22.5 Å². The standard InChI is InChI=1S/C11H11N3O2S/c12-6-8-2-1-3-10(11(8)14(15)16)13-9-4-5-17-7-9/h1-3,9,13H,4-5,7H2. The Morgan fingerprint density at radius 1 is 1.59 bits per heavy atom. The maximum Gasteiger partial charge on any atom is 0.309 e. The molecule has 1 aromatic rings. The van der Waals surface area contributed by atoms with Crippen LogP contribution in [0.2, 0.25) is 0 Å². The number of nitro benzene ring substituents is 1. The summed E-state index contributed by atoms with van der Waals surface area (Å²) in [6.45, 7) is 0. The molecule has 0 radical (unpaired) electrons. The average molecular weight is 249 g/mol. The fourth-order valence-corrected chi connectivity index (χ4v) is 2.97. The van der Waals surface area contributed by atoms with E-state index in [4.69, 9.17) is 5.26 Å². The number of benzene rings is 1. The molecule has 0 amide bonds. The third kappa shape index (κ3) is 2.50. The molecule has 1 saturated heterocycles. The van der Waals surface area contributed by atoms with Crippen LogP contribution in [-0.2, 0) is 0 Å². The van der Waals surface area contributed by atoms with Crippen molar-refractivity contribution >= 4 is 23.1 Å². The number of nitrogens with zero attached hydrogens (tertiary/aromatic N) is 2. The molecule has 5 nitrogen and oxygen atoms in total. The lowest BCUT2D eigenvalue weighted by Gasteiger charge is -2.13. The maximum absolute atomic E-state index is 11.0. The van der Waals surface area contributed by atoms with Gasteiger partial charge in [0.2, 0.25) is 0 Å². The third-order valence-electron chi connectivity index (χ3n) is 2.63. The predicted molar refractivity (Wildman–Crippen MR) is 67.2 cm³/mol. The molecule has 0 bridgehead atoms. The van der Waals surface area contributed by atoms with Crippen molar-refractivity contribution in [2.45, 2.75) is 12.5 Å². The van der Waals surface area contributed by atoms with Crippen molar-refractivity contribution in [2.75, 3.05) is 16.8 Å². The van der Waals surface area contributed by atoms with Crippen molar-refractivity contribution in [1.82, 2.24) is 0 Å². The van der Waals surface area contributed by atoms with E-state index in [2.05, 4.69) is 5.32 Å². The number of nitrogens with one attached hydrogen (secondary N) is 1. The first-order chi connectivity index (χ1) is 8.22. The normalized spacial score (nSPS) is 18.6.